The summed E-state index contributed by atoms with van der Waals surface area (Å²) in [5.41, 5.74) is 4.17. The molecule has 7 heteroatoms. The molecule has 0 amide bonds. The molecule has 0 bridgehead atoms. The van der Waals surface area contributed by atoms with Crippen LogP contribution in [0.2, 0.25) is 0 Å². The molecule has 4 aromatic rings. The molecule has 28 heavy (non-hydrogen) atoms. The maximum absolute atomic E-state index is 13.0. The zero-order chi connectivity index (χ0) is 19.7. The van der Waals surface area contributed by atoms with Crippen LogP contribution in [0, 0.1) is 12.7 Å². The normalized spacial score (nSPS) is 11.6. The summed E-state index contributed by atoms with van der Waals surface area (Å²) in [4.78, 5) is 4.65. The van der Waals surface area contributed by atoms with Gasteiger partial charge in [-0.1, -0.05) is 36.4 Å². The number of halogens is 1. The first kappa shape index (κ1) is 18.2. The second-order valence-corrected chi connectivity index (χ2v) is 8.30. The highest BCUT2D eigenvalue weighted by Crippen LogP contribution is 2.29. The number of aromatic nitrogens is 2. The van der Waals surface area contributed by atoms with Crippen LogP contribution in [-0.2, 0) is 15.8 Å². The largest absolute Gasteiger partial charge is 0.306 e. The Morgan fingerprint density at radius 3 is 2.54 bits per heavy atom. The Balaban J connectivity index is 1.67. The molecular weight excluding hydrogens is 377 g/mol. The van der Waals surface area contributed by atoms with E-state index in [4.69, 9.17) is 0 Å². The first-order valence-corrected chi connectivity index (χ1v) is 10.4. The molecule has 1 N–H and O–H groups in total. The minimum absolute atomic E-state index is 0.244. The molecule has 0 fully saturated rings. The highest BCUT2D eigenvalue weighted by molar-refractivity contribution is 7.91. The summed E-state index contributed by atoms with van der Waals surface area (Å²) in [5, 5.41) is 0. The van der Waals surface area contributed by atoms with Crippen molar-refractivity contribution in [2.24, 2.45) is 0 Å². The fraction of sp³-hybridized carbons (Fsp3) is 0.0952. The van der Waals surface area contributed by atoms with Gasteiger partial charge in [-0.05, 0) is 42.3 Å². The molecule has 0 atom stereocenters. The van der Waals surface area contributed by atoms with Gasteiger partial charge in [0.15, 0.2) is 0 Å². The van der Waals surface area contributed by atoms with Gasteiger partial charge >= 0.3 is 0 Å². The number of rotatable bonds is 5. The van der Waals surface area contributed by atoms with E-state index in [2.05, 4.69) is 9.71 Å². The number of benzene rings is 2. The van der Waals surface area contributed by atoms with Gasteiger partial charge in [-0.15, -0.1) is 0 Å². The number of fused-ring (bicyclic) bond motifs is 1. The Morgan fingerprint density at radius 2 is 1.79 bits per heavy atom. The van der Waals surface area contributed by atoms with Crippen LogP contribution in [-0.4, -0.2) is 17.8 Å². The predicted molar refractivity (Wildman–Crippen MR) is 108 cm³/mol. The summed E-state index contributed by atoms with van der Waals surface area (Å²) >= 11 is 0. The molecule has 2 heterocycles. The molecule has 0 aliphatic heterocycles. The second-order valence-electron chi connectivity index (χ2n) is 6.58. The first-order valence-electron chi connectivity index (χ1n) is 8.70. The number of hydrogen-bond acceptors (Lipinski definition) is 3. The molecule has 0 aliphatic rings. The SMILES string of the molecule is Cc1cccn2cc(-c3ccccc3NS(=O)(=O)Cc3ccc(F)cc3)nc12. The van der Waals surface area contributed by atoms with Gasteiger partial charge in [0.25, 0.3) is 0 Å². The molecule has 2 aromatic heterocycles. The first-order chi connectivity index (χ1) is 13.4. The minimum atomic E-state index is -3.68. The smallest absolute Gasteiger partial charge is 0.236 e. The van der Waals surface area contributed by atoms with Gasteiger partial charge < -0.3 is 4.40 Å². The van der Waals surface area contributed by atoms with Crippen LogP contribution in [0.1, 0.15) is 11.1 Å². The summed E-state index contributed by atoms with van der Waals surface area (Å²) in [6.45, 7) is 1.98. The maximum Gasteiger partial charge on any atom is 0.236 e. The number of sulfonamides is 1. The molecule has 2 aromatic carbocycles. The molecule has 0 unspecified atom stereocenters. The summed E-state index contributed by atoms with van der Waals surface area (Å²) in [6.07, 6.45) is 3.77. The van der Waals surface area contributed by atoms with E-state index in [0.717, 1.165) is 11.2 Å². The van der Waals surface area contributed by atoms with Crippen molar-refractivity contribution in [3.05, 3.63) is 90.0 Å². The van der Waals surface area contributed by atoms with E-state index < -0.39 is 15.8 Å². The molecule has 142 valence electrons. The van der Waals surface area contributed by atoms with Crippen molar-refractivity contribution >= 4 is 21.4 Å². The average molecular weight is 395 g/mol. The number of nitrogens with one attached hydrogen (secondary N) is 1. The van der Waals surface area contributed by atoms with E-state index in [1.54, 1.807) is 12.1 Å². The Hall–Kier alpha value is -3.19. The maximum atomic E-state index is 13.0. The third-order valence-corrected chi connectivity index (χ3v) is 5.66. The van der Waals surface area contributed by atoms with Crippen molar-refractivity contribution in [3.63, 3.8) is 0 Å². The fourth-order valence-corrected chi connectivity index (χ4v) is 4.30. The molecular formula is C21H18FN3O2S. The van der Waals surface area contributed by atoms with Crippen molar-refractivity contribution in [3.8, 4) is 11.3 Å². The Kier molecular flexibility index (Phi) is 4.60. The third kappa shape index (κ3) is 3.75. The Bertz CT molecular complexity index is 1250. The number of anilines is 1. The van der Waals surface area contributed by atoms with E-state index in [1.807, 2.05) is 48.0 Å². The number of pyridine rings is 1. The van der Waals surface area contributed by atoms with Crippen LogP contribution >= 0.6 is 0 Å². The molecule has 0 aliphatic carbocycles. The van der Waals surface area contributed by atoms with Crippen molar-refractivity contribution in [2.45, 2.75) is 12.7 Å². The van der Waals surface area contributed by atoms with E-state index in [1.165, 1.54) is 24.3 Å². The van der Waals surface area contributed by atoms with Crippen molar-refractivity contribution in [1.82, 2.24) is 9.38 Å². The van der Waals surface area contributed by atoms with E-state index in [-0.39, 0.29) is 5.75 Å². The van der Waals surface area contributed by atoms with Crippen molar-refractivity contribution in [1.29, 1.82) is 0 Å². The zero-order valence-corrected chi connectivity index (χ0v) is 15.9. The second kappa shape index (κ2) is 7.09. The number of imidazole rings is 1. The summed E-state index contributed by atoms with van der Waals surface area (Å²) < 4.78 is 42.9. The molecule has 5 nitrogen and oxygen atoms in total. The quantitative estimate of drug-likeness (QED) is 0.545. The lowest BCUT2D eigenvalue weighted by atomic mass is 10.1. The highest BCUT2D eigenvalue weighted by Gasteiger charge is 2.16. The standard InChI is InChI=1S/C21H18FN3O2S/c1-15-5-4-12-25-13-20(23-21(15)25)18-6-2-3-7-19(18)24-28(26,27)14-16-8-10-17(22)11-9-16/h2-13,24H,14H2,1H3. The van der Waals surface area contributed by atoms with Gasteiger partial charge in [0.1, 0.15) is 11.5 Å². The third-order valence-electron chi connectivity index (χ3n) is 4.42. The van der Waals surface area contributed by atoms with Crippen molar-refractivity contribution < 1.29 is 12.8 Å². The molecule has 0 radical (unpaired) electrons. The monoisotopic (exact) mass is 395 g/mol. The van der Waals surface area contributed by atoms with Crippen LogP contribution < -0.4 is 4.72 Å². The number of nitrogens with zero attached hydrogens (tertiary/aromatic N) is 2. The molecule has 0 spiro atoms. The van der Waals surface area contributed by atoms with E-state index in [9.17, 15) is 12.8 Å². The van der Waals surface area contributed by atoms with E-state index >= 15 is 0 Å². The van der Waals surface area contributed by atoms with Gasteiger partial charge in [-0.25, -0.2) is 17.8 Å². The molecule has 0 saturated heterocycles. The van der Waals surface area contributed by atoms with Gasteiger partial charge in [0.05, 0.1) is 17.1 Å². The zero-order valence-electron chi connectivity index (χ0n) is 15.1. The van der Waals surface area contributed by atoms with Crippen LogP contribution in [0.25, 0.3) is 16.9 Å². The van der Waals surface area contributed by atoms with Crippen molar-refractivity contribution in [2.75, 3.05) is 4.72 Å². The predicted octanol–water partition coefficient (Wildman–Crippen LogP) is 4.39. The molecule has 4 rings (SSSR count). The summed E-state index contributed by atoms with van der Waals surface area (Å²) in [5.74, 6) is -0.645. The number of hydrogen-bond donors (Lipinski definition) is 1. The highest BCUT2D eigenvalue weighted by atomic mass is 32.2. The fourth-order valence-electron chi connectivity index (χ4n) is 3.08. The lowest BCUT2D eigenvalue weighted by Gasteiger charge is -2.11. The number of para-hydroxylation sites is 1. The molecule has 0 saturated carbocycles. The Morgan fingerprint density at radius 1 is 1.04 bits per heavy atom. The number of aryl methyl sites for hydroxylation is 1. The van der Waals surface area contributed by atoms with Gasteiger partial charge in [-0.2, -0.15) is 0 Å². The van der Waals surface area contributed by atoms with E-state index in [0.29, 0.717) is 22.5 Å². The average Bonchev–Trinajstić information content (AvgIpc) is 3.09. The lowest BCUT2D eigenvalue weighted by molar-refractivity contribution is 0.600. The van der Waals surface area contributed by atoms with Gasteiger partial charge in [0.2, 0.25) is 10.0 Å². The summed E-state index contributed by atoms with van der Waals surface area (Å²) in [6, 6.07) is 16.5. The van der Waals surface area contributed by atoms with Crippen LogP contribution in [0.4, 0.5) is 10.1 Å². The minimum Gasteiger partial charge on any atom is -0.306 e. The van der Waals surface area contributed by atoms with Gasteiger partial charge in [-0.3, -0.25) is 4.72 Å². The van der Waals surface area contributed by atoms with Gasteiger partial charge in [0, 0.05) is 18.0 Å². The van der Waals surface area contributed by atoms with Crippen LogP contribution in [0.15, 0.2) is 73.1 Å². The summed E-state index contributed by atoms with van der Waals surface area (Å²) in [7, 11) is -3.68. The van der Waals surface area contributed by atoms with Crippen LogP contribution in [0.3, 0.4) is 0 Å². The topological polar surface area (TPSA) is 63.5 Å². The lowest BCUT2D eigenvalue weighted by Crippen LogP contribution is -2.15. The Labute approximate surface area is 162 Å². The van der Waals surface area contributed by atoms with Crippen LogP contribution in [0.5, 0.6) is 0 Å².